The molecule has 3 saturated heterocycles. The minimum atomic E-state index is -3.13. The number of Topliss-reactive ketones (excluding diaryl/α,β-unsaturated/α-hetero) is 1. The third-order valence-electron chi connectivity index (χ3n) is 12.1. The van der Waals surface area contributed by atoms with Crippen molar-refractivity contribution in [2.45, 2.75) is 132 Å². The van der Waals surface area contributed by atoms with E-state index in [1.807, 2.05) is 51.2 Å². The molecular formula is C41H59FIN5O9S. The zero-order chi connectivity index (χ0) is 42.9. The van der Waals surface area contributed by atoms with Gasteiger partial charge in [-0.15, -0.1) is 11.3 Å². The molecule has 0 aromatic carbocycles. The number of esters is 1. The van der Waals surface area contributed by atoms with Gasteiger partial charge < -0.3 is 44.6 Å². The highest BCUT2D eigenvalue weighted by Gasteiger charge is 2.56. The number of ketones is 1. The van der Waals surface area contributed by atoms with Crippen molar-refractivity contribution in [2.75, 3.05) is 26.4 Å². The van der Waals surface area contributed by atoms with Crippen LogP contribution in [0.5, 0.6) is 0 Å². The minimum absolute atomic E-state index is 0.0330. The number of carbonyl (C=O) groups excluding carboxylic acids is 2. The number of aromatic nitrogens is 2. The average molecular weight is 944 g/mol. The molecule has 3 aliphatic heterocycles. The number of nitrogens with zero attached hydrogens (tertiary/aromatic N) is 4. The number of hydrogen-bond donors (Lipinski definition) is 3. The quantitative estimate of drug-likeness (QED) is 0.0747. The Labute approximate surface area is 358 Å². The van der Waals surface area contributed by atoms with Crippen molar-refractivity contribution in [1.82, 2.24) is 14.9 Å². The fraction of sp³-hybridized carbons (Fsp3) is 0.683. The molecule has 2 aromatic rings. The highest BCUT2D eigenvalue weighted by molar-refractivity contribution is 14.1. The van der Waals surface area contributed by atoms with Crippen LogP contribution in [-0.4, -0.2) is 115 Å². The molecule has 5 rings (SSSR count). The molecule has 0 amide bonds. The van der Waals surface area contributed by atoms with E-state index in [-0.39, 0.29) is 50.0 Å². The number of aliphatic hydroxyl groups is 2. The molecular weight excluding hydrogens is 884 g/mol. The largest absolute Gasteiger partial charge is 0.446 e. The molecule has 0 saturated carbocycles. The number of pyridine rings is 1. The number of carbonyl (C=O) groups is 2. The monoisotopic (exact) mass is 943 g/mol. The van der Waals surface area contributed by atoms with Crippen LogP contribution in [0.4, 0.5) is 10.2 Å². The number of rotatable bonds is 7. The van der Waals surface area contributed by atoms with Crippen molar-refractivity contribution < 1.29 is 48.0 Å². The van der Waals surface area contributed by atoms with Crippen molar-refractivity contribution in [3.8, 4) is 10.7 Å². The number of nitrogens with two attached hydrogens (primary N) is 1. The minimum Gasteiger partial charge on any atom is -0.446 e. The molecule has 1 unspecified atom stereocenters. The SMILES string of the molecule is C=C1[C@H](C)C[C@@]2(C)OC/C(=N/OCc3csc(-c4cccc(N)n4)n3)CC[C@H]([C@H]1C)C(C)(O)[C@@H](I)OC(=O)[C@@](C)(F)C(=O)[C@H](C)[C@H]2O[C@@H]1O[C@H](C)C[C@H](N(C)C)[C@H]1O. The molecule has 4 N–H and O–H groups in total. The number of cyclic esters (lactones) is 1. The van der Waals surface area contributed by atoms with Crippen LogP contribution in [0.25, 0.3) is 10.7 Å². The lowest BCUT2D eigenvalue weighted by Gasteiger charge is -2.48. The number of aliphatic hydroxyl groups excluding tert-OH is 1. The molecule has 58 heavy (non-hydrogen) atoms. The molecule has 14 nitrogen and oxygen atoms in total. The second-order valence-corrected chi connectivity index (χ2v) is 19.0. The van der Waals surface area contributed by atoms with Crippen LogP contribution in [-0.2, 0) is 40.0 Å². The number of halogens is 2. The van der Waals surface area contributed by atoms with E-state index in [0.717, 1.165) is 12.5 Å². The molecule has 5 heterocycles. The molecule has 3 aliphatic rings. The Morgan fingerprint density at radius 1 is 1.16 bits per heavy atom. The number of allylic oxidation sites excluding steroid dienone is 1. The summed E-state index contributed by atoms with van der Waals surface area (Å²) < 4.78 is 40.8. The first kappa shape index (κ1) is 46.4. The topological polar surface area (TPSA) is 188 Å². The van der Waals surface area contributed by atoms with Crippen molar-refractivity contribution in [2.24, 2.45) is 28.8 Å². The zero-order valence-electron chi connectivity index (χ0n) is 34.8. The molecule has 0 radical (unpaired) electrons. The van der Waals surface area contributed by atoms with Crippen molar-refractivity contribution >= 4 is 57.2 Å². The van der Waals surface area contributed by atoms with Crippen LogP contribution >= 0.6 is 33.9 Å². The summed E-state index contributed by atoms with van der Waals surface area (Å²) >= 11 is 3.18. The molecule has 2 aromatic heterocycles. The van der Waals surface area contributed by atoms with E-state index < -0.39 is 63.1 Å². The Balaban J connectivity index is 1.58. The normalized spacial score (nSPS) is 39.1. The Kier molecular flexibility index (Phi) is 14.8. The van der Waals surface area contributed by atoms with Crippen LogP contribution in [0.3, 0.4) is 0 Å². The summed E-state index contributed by atoms with van der Waals surface area (Å²) in [6.07, 6.45) is -2.62. The predicted octanol–water partition coefficient (Wildman–Crippen LogP) is 5.88. The van der Waals surface area contributed by atoms with Crippen LogP contribution in [0.15, 0.2) is 40.9 Å². The summed E-state index contributed by atoms with van der Waals surface area (Å²) in [7, 11) is 3.69. The first-order valence-electron chi connectivity index (χ1n) is 19.7. The van der Waals surface area contributed by atoms with E-state index in [4.69, 9.17) is 29.5 Å². The summed E-state index contributed by atoms with van der Waals surface area (Å²) in [5, 5.41) is 30.8. The maximum absolute atomic E-state index is 16.7. The molecule has 322 valence electrons. The van der Waals surface area contributed by atoms with E-state index in [9.17, 15) is 19.8 Å². The Morgan fingerprint density at radius 3 is 2.53 bits per heavy atom. The lowest BCUT2D eigenvalue weighted by atomic mass is 9.69. The van der Waals surface area contributed by atoms with E-state index in [1.165, 1.54) is 18.3 Å². The number of alkyl halides is 2. The van der Waals surface area contributed by atoms with E-state index in [0.29, 0.717) is 40.8 Å². The van der Waals surface area contributed by atoms with Crippen molar-refractivity contribution in [1.29, 1.82) is 0 Å². The van der Waals surface area contributed by atoms with Crippen LogP contribution < -0.4 is 5.73 Å². The summed E-state index contributed by atoms with van der Waals surface area (Å²) in [6, 6.07) is 4.98. The van der Waals surface area contributed by atoms with Gasteiger partial charge in [0.25, 0.3) is 5.67 Å². The molecule has 0 aliphatic carbocycles. The van der Waals surface area contributed by atoms with Gasteiger partial charge in [0.05, 0.1) is 35.8 Å². The molecule has 2 bridgehead atoms. The molecule has 3 fully saturated rings. The van der Waals surface area contributed by atoms with Gasteiger partial charge in [0.15, 0.2) is 22.8 Å². The van der Waals surface area contributed by atoms with Gasteiger partial charge in [-0.05, 0) is 120 Å². The maximum Gasteiger partial charge on any atom is 0.352 e. The second-order valence-electron chi connectivity index (χ2n) is 17.0. The molecule has 17 heteroatoms. The average Bonchev–Trinajstić information content (AvgIpc) is 3.63. The number of fused-ring (bicyclic) bond motifs is 5. The van der Waals surface area contributed by atoms with Crippen LogP contribution in [0.1, 0.15) is 79.8 Å². The van der Waals surface area contributed by atoms with Crippen LogP contribution in [0, 0.1) is 23.7 Å². The highest BCUT2D eigenvalue weighted by atomic mass is 127. The number of hydrogen-bond acceptors (Lipinski definition) is 15. The van der Waals surface area contributed by atoms with Gasteiger partial charge in [-0.3, -0.25) is 4.79 Å². The Hall–Kier alpha value is -2.65. The van der Waals surface area contributed by atoms with E-state index in [2.05, 4.69) is 21.7 Å². The van der Waals surface area contributed by atoms with Gasteiger partial charge in [-0.1, -0.05) is 44.1 Å². The van der Waals surface area contributed by atoms with Gasteiger partial charge in [0.2, 0.25) is 0 Å². The van der Waals surface area contributed by atoms with Gasteiger partial charge in [-0.25, -0.2) is 19.2 Å². The standard InChI is InChI=1S/C41H59FIN5O9S/c1-21-17-39(6)34(56-36-32(49)30(48(9)10)16-22(2)55-36)25(5)33(50)40(7,42)38(51)57-37(43)41(8,52)28(24(4)23(21)3)15-14-26(18-53-39)47-54-19-27-20-58-35(45-27)29-12-11-13-31(44)46-29/h11-13,20-22,24-25,28,30,32,34,36-37,49,52H,3,14-19H2,1-2,4-10H3,(H2,44,46)/b47-26+/t21-,22-,24+,25+,28-,30+,32-,34-,36+,37+,39-,40+,41?/m1/s1. The zero-order valence-corrected chi connectivity index (χ0v) is 37.8. The fourth-order valence-electron chi connectivity index (χ4n) is 8.47. The van der Waals surface area contributed by atoms with Gasteiger partial charge >= 0.3 is 5.97 Å². The number of nitrogen functional groups attached to an aromatic ring is 1. The lowest BCUT2D eigenvalue weighted by Crippen LogP contribution is -2.60. The first-order chi connectivity index (χ1) is 27.1. The second kappa shape index (κ2) is 18.5. The lowest BCUT2D eigenvalue weighted by molar-refractivity contribution is -0.296. The highest BCUT2D eigenvalue weighted by Crippen LogP contribution is 2.45. The Bertz CT molecular complexity index is 1830. The number of likely N-dealkylation sites (N-methyl/N-ethyl adjacent to an activating group) is 1. The number of thiazole rings is 1. The maximum atomic E-state index is 16.7. The van der Waals surface area contributed by atoms with Gasteiger partial charge in [0, 0.05) is 17.3 Å². The number of oxime groups is 1. The molecule has 0 spiro atoms. The fourth-order valence-corrected chi connectivity index (χ4v) is 9.93. The van der Waals surface area contributed by atoms with Crippen molar-refractivity contribution in [3.63, 3.8) is 0 Å². The number of anilines is 1. The summed E-state index contributed by atoms with van der Waals surface area (Å²) in [5.41, 5.74) is 2.17. The van der Waals surface area contributed by atoms with Crippen LogP contribution in [0.2, 0.25) is 0 Å². The van der Waals surface area contributed by atoms with E-state index >= 15 is 4.39 Å². The predicted molar refractivity (Wildman–Crippen MR) is 227 cm³/mol. The summed E-state index contributed by atoms with van der Waals surface area (Å²) in [4.78, 5) is 44.7. The molecule has 13 atom stereocenters. The van der Waals surface area contributed by atoms with Gasteiger partial charge in [0.1, 0.15) is 28.2 Å². The summed E-state index contributed by atoms with van der Waals surface area (Å²) in [6.45, 7) is 15.9. The third kappa shape index (κ3) is 10.1. The summed E-state index contributed by atoms with van der Waals surface area (Å²) in [5.74, 6) is -4.70. The number of ether oxygens (including phenoxy) is 4. The Morgan fingerprint density at radius 2 is 1.86 bits per heavy atom. The van der Waals surface area contributed by atoms with Gasteiger partial charge in [-0.2, -0.15) is 0 Å². The third-order valence-corrected chi connectivity index (χ3v) is 14.5. The smallest absolute Gasteiger partial charge is 0.352 e. The van der Waals surface area contributed by atoms with E-state index in [1.54, 1.807) is 48.6 Å². The first-order valence-corrected chi connectivity index (χ1v) is 21.8. The van der Waals surface area contributed by atoms with Crippen molar-refractivity contribution in [3.05, 3.63) is 41.4 Å².